The largest absolute Gasteiger partial charge is 0.480 e. The van der Waals surface area contributed by atoms with E-state index in [1.807, 2.05) is 13.8 Å². The molecule has 0 aliphatic heterocycles. The molecule has 62 heavy (non-hydrogen) atoms. The van der Waals surface area contributed by atoms with Crippen molar-refractivity contribution in [2.45, 2.75) is 129 Å². The number of nitrogens with zero attached hydrogens (tertiary/aromatic N) is 3. The van der Waals surface area contributed by atoms with E-state index < -0.39 is 66.3 Å². The van der Waals surface area contributed by atoms with Crippen LogP contribution in [0.3, 0.4) is 0 Å². The van der Waals surface area contributed by atoms with E-state index >= 15 is 0 Å². The molecule has 0 bridgehead atoms. The zero-order valence-electron chi connectivity index (χ0n) is 36.3. The molecule has 0 aromatic carbocycles. The molecule has 1 aromatic heterocycles. The monoisotopic (exact) mass is 902 g/mol. The Hall–Kier alpha value is -4.94. The van der Waals surface area contributed by atoms with Crippen LogP contribution in [0.2, 0.25) is 0 Å². The van der Waals surface area contributed by atoms with Crippen LogP contribution in [0.1, 0.15) is 111 Å². The molecule has 24 heteroatoms. The standard InChI is InChI=1S/C38H66N10O13S/c1-6-28(49)39-16-8-7-10-25(33(54)55)44-32(53)22-61-20-19-60-18-17-40-29(50)14-12-26(34(56)57)43-31(52)15-13-27(35(58)59)42-30(51)11-9-21-62-41-24-37(2,3)23-38(4,5)36-45-47-48-46-36/h25-27,41H,6-24H2,1-5H3,(H,39,49)(H,40,50)(H,42,51)(H,43,52)(H,44,53)(H,54,55)(H,56,57)(H,58,59)(H,45,46,47,48). The highest BCUT2D eigenvalue weighted by Crippen LogP contribution is 2.34. The van der Waals surface area contributed by atoms with Gasteiger partial charge >= 0.3 is 17.9 Å². The second-order valence-corrected chi connectivity index (χ2v) is 16.9. The Morgan fingerprint density at radius 1 is 0.677 bits per heavy atom. The van der Waals surface area contributed by atoms with Crippen molar-refractivity contribution in [1.82, 2.24) is 51.9 Å². The Kier molecular flexibility index (Phi) is 26.8. The van der Waals surface area contributed by atoms with Crippen molar-refractivity contribution in [1.29, 1.82) is 0 Å². The average molecular weight is 903 g/mol. The van der Waals surface area contributed by atoms with Gasteiger partial charge in [0.15, 0.2) is 5.82 Å². The van der Waals surface area contributed by atoms with E-state index in [0.29, 0.717) is 50.4 Å². The summed E-state index contributed by atoms with van der Waals surface area (Å²) in [7, 11) is 0. The first kappa shape index (κ1) is 55.1. The van der Waals surface area contributed by atoms with Crippen molar-refractivity contribution in [2.75, 3.05) is 51.8 Å². The van der Waals surface area contributed by atoms with Crippen molar-refractivity contribution in [3.8, 4) is 0 Å². The minimum Gasteiger partial charge on any atom is -0.480 e. The van der Waals surface area contributed by atoms with Crippen LogP contribution < -0.4 is 31.3 Å². The highest BCUT2D eigenvalue weighted by atomic mass is 32.2. The lowest BCUT2D eigenvalue weighted by molar-refractivity contribution is -0.143. The van der Waals surface area contributed by atoms with Crippen LogP contribution >= 0.6 is 11.9 Å². The first-order chi connectivity index (χ1) is 29.3. The summed E-state index contributed by atoms with van der Waals surface area (Å²) in [4.78, 5) is 95.6. The van der Waals surface area contributed by atoms with Gasteiger partial charge in [0.25, 0.3) is 0 Å². The smallest absolute Gasteiger partial charge is 0.326 e. The third-order valence-corrected chi connectivity index (χ3v) is 9.97. The van der Waals surface area contributed by atoms with Gasteiger partial charge < -0.3 is 51.4 Å². The quantitative estimate of drug-likeness (QED) is 0.0314. The molecule has 0 spiro atoms. The molecule has 352 valence electrons. The van der Waals surface area contributed by atoms with Gasteiger partial charge in [-0.15, -0.1) is 10.2 Å². The number of nitrogens with one attached hydrogen (secondary N) is 7. The lowest BCUT2D eigenvalue weighted by Crippen LogP contribution is -2.44. The Balaban J connectivity index is 2.25. The van der Waals surface area contributed by atoms with Gasteiger partial charge in [-0.3, -0.25) is 28.7 Å². The molecular weight excluding hydrogens is 837 g/mol. The van der Waals surface area contributed by atoms with E-state index in [1.165, 1.54) is 11.9 Å². The molecule has 0 radical (unpaired) electrons. The normalized spacial score (nSPS) is 13.0. The first-order valence-electron chi connectivity index (χ1n) is 20.6. The number of carbonyl (C=O) groups excluding carboxylic acids is 5. The summed E-state index contributed by atoms with van der Waals surface area (Å²) in [5.41, 5.74) is -0.392. The molecule has 0 saturated heterocycles. The summed E-state index contributed by atoms with van der Waals surface area (Å²) in [5, 5.41) is 55.2. The number of amides is 5. The molecule has 1 rings (SSSR count). The predicted molar refractivity (Wildman–Crippen MR) is 224 cm³/mol. The number of aromatic amines is 1. The number of aromatic nitrogens is 4. The van der Waals surface area contributed by atoms with Crippen molar-refractivity contribution in [3.63, 3.8) is 0 Å². The summed E-state index contributed by atoms with van der Waals surface area (Å²) in [6.45, 7) is 11.0. The van der Waals surface area contributed by atoms with Gasteiger partial charge in [0.2, 0.25) is 29.5 Å². The fourth-order valence-corrected chi connectivity index (χ4v) is 6.99. The molecule has 0 aliphatic rings. The number of rotatable bonds is 36. The van der Waals surface area contributed by atoms with Gasteiger partial charge in [-0.05, 0) is 50.4 Å². The Labute approximate surface area is 365 Å². The molecule has 1 aromatic rings. The van der Waals surface area contributed by atoms with Crippen LogP contribution in [0, 0.1) is 5.41 Å². The molecular formula is C38H66N10O13S. The second-order valence-electron chi connectivity index (χ2n) is 15.9. The molecule has 0 saturated carbocycles. The van der Waals surface area contributed by atoms with E-state index in [-0.39, 0.29) is 81.6 Å². The molecule has 0 aliphatic carbocycles. The zero-order chi connectivity index (χ0) is 46.6. The van der Waals surface area contributed by atoms with Crippen LogP contribution in [-0.4, -0.2) is 153 Å². The number of carbonyl (C=O) groups is 8. The van der Waals surface area contributed by atoms with Gasteiger partial charge in [0.05, 0.1) is 19.8 Å². The lowest BCUT2D eigenvalue weighted by Gasteiger charge is -2.33. The van der Waals surface area contributed by atoms with E-state index in [2.05, 4.69) is 65.8 Å². The molecule has 23 nitrogen and oxygen atoms in total. The van der Waals surface area contributed by atoms with Crippen molar-refractivity contribution in [2.24, 2.45) is 5.41 Å². The molecule has 0 fully saturated rings. The van der Waals surface area contributed by atoms with E-state index in [0.717, 1.165) is 6.42 Å². The number of hydrogen-bond donors (Lipinski definition) is 10. The predicted octanol–water partition coefficient (Wildman–Crippen LogP) is 0.0261. The summed E-state index contributed by atoms with van der Waals surface area (Å²) in [6.07, 6.45) is 1.75. The van der Waals surface area contributed by atoms with Crippen LogP contribution in [-0.2, 0) is 53.2 Å². The fourth-order valence-electron chi connectivity index (χ4n) is 6.06. The Bertz CT molecular complexity index is 1570. The highest BCUT2D eigenvalue weighted by molar-refractivity contribution is 7.97. The fraction of sp³-hybridized carbons (Fsp3) is 0.763. The number of hydrogen-bond acceptors (Lipinski definition) is 15. The maximum absolute atomic E-state index is 12.5. The van der Waals surface area contributed by atoms with E-state index in [9.17, 15) is 53.7 Å². The maximum Gasteiger partial charge on any atom is 0.326 e. The van der Waals surface area contributed by atoms with Crippen LogP contribution in [0.5, 0.6) is 0 Å². The van der Waals surface area contributed by atoms with Gasteiger partial charge in [0.1, 0.15) is 24.7 Å². The topological polar surface area (TPSA) is 342 Å². The minimum atomic E-state index is -1.42. The van der Waals surface area contributed by atoms with Crippen LogP contribution in [0.15, 0.2) is 0 Å². The van der Waals surface area contributed by atoms with Gasteiger partial charge in [-0.2, -0.15) is 5.21 Å². The van der Waals surface area contributed by atoms with Crippen molar-refractivity contribution >= 4 is 59.4 Å². The second kappa shape index (κ2) is 30.2. The third kappa shape index (κ3) is 25.7. The van der Waals surface area contributed by atoms with Gasteiger partial charge in [0, 0.05) is 56.5 Å². The Morgan fingerprint density at radius 2 is 1.24 bits per heavy atom. The molecule has 10 N–H and O–H groups in total. The summed E-state index contributed by atoms with van der Waals surface area (Å²) in [5.74, 6) is -5.17. The molecule has 5 amide bonds. The number of ether oxygens (including phenoxy) is 2. The minimum absolute atomic E-state index is 0.0116. The van der Waals surface area contributed by atoms with Crippen molar-refractivity contribution < 1.29 is 63.1 Å². The SMILES string of the molecule is CCC(=O)NCCCCC(NC(=O)COCCOCCNC(=O)CCC(NC(=O)CCC(NC(=O)CCCSNCC(C)(C)CC(C)(C)c1nn[nH]n1)C(=O)O)C(=O)O)C(=O)O. The average Bonchev–Trinajstić information content (AvgIpc) is 3.76. The van der Waals surface area contributed by atoms with Gasteiger partial charge in [-0.25, -0.2) is 14.4 Å². The van der Waals surface area contributed by atoms with Crippen molar-refractivity contribution in [3.05, 3.63) is 5.82 Å². The molecule has 1 heterocycles. The number of unbranched alkanes of at least 4 members (excludes halogenated alkanes) is 1. The van der Waals surface area contributed by atoms with Gasteiger partial charge in [-0.1, -0.05) is 51.8 Å². The number of H-pyrrole nitrogens is 1. The lowest BCUT2D eigenvalue weighted by atomic mass is 9.75. The van der Waals surface area contributed by atoms with Crippen LogP contribution in [0.4, 0.5) is 0 Å². The summed E-state index contributed by atoms with van der Waals surface area (Å²) < 4.78 is 13.9. The number of carboxylic acid groups (broad SMARTS) is 3. The number of carboxylic acids is 3. The molecule has 3 atom stereocenters. The summed E-state index contributed by atoms with van der Waals surface area (Å²) >= 11 is 1.45. The maximum atomic E-state index is 12.5. The summed E-state index contributed by atoms with van der Waals surface area (Å²) in [6, 6.07) is -3.88. The zero-order valence-corrected chi connectivity index (χ0v) is 37.2. The third-order valence-electron chi connectivity index (χ3n) is 9.13. The molecule has 3 unspecified atom stereocenters. The van der Waals surface area contributed by atoms with E-state index in [1.54, 1.807) is 6.92 Å². The number of tetrazole rings is 1. The van der Waals surface area contributed by atoms with E-state index in [4.69, 9.17) is 9.47 Å². The first-order valence-corrected chi connectivity index (χ1v) is 21.6. The highest BCUT2D eigenvalue weighted by Gasteiger charge is 2.33. The Morgan fingerprint density at radius 3 is 1.84 bits per heavy atom. The van der Waals surface area contributed by atoms with Crippen LogP contribution in [0.25, 0.3) is 0 Å². The number of aliphatic carboxylic acids is 3.